The summed E-state index contributed by atoms with van der Waals surface area (Å²) in [6.07, 6.45) is 6.90. The van der Waals surface area contributed by atoms with Gasteiger partial charge >= 0.3 is 0 Å². The number of benzene rings is 1. The van der Waals surface area contributed by atoms with Gasteiger partial charge in [0.05, 0.1) is 5.56 Å². The predicted molar refractivity (Wildman–Crippen MR) is 99.7 cm³/mol. The number of para-hydroxylation sites is 1. The van der Waals surface area contributed by atoms with Gasteiger partial charge in [-0.25, -0.2) is 9.97 Å². The fraction of sp³-hybridized carbons (Fsp3) is 0.316. The molecule has 0 aliphatic heterocycles. The van der Waals surface area contributed by atoms with E-state index < -0.39 is 0 Å². The van der Waals surface area contributed by atoms with Crippen LogP contribution in [0.2, 0.25) is 0 Å². The van der Waals surface area contributed by atoms with E-state index in [1.165, 1.54) is 10.9 Å². The Morgan fingerprint density at radius 2 is 2.00 bits per heavy atom. The van der Waals surface area contributed by atoms with E-state index in [4.69, 9.17) is 0 Å². The molecular weight excluding hydrogens is 314 g/mol. The Labute approximate surface area is 147 Å². The fourth-order valence-corrected chi connectivity index (χ4v) is 2.59. The van der Waals surface area contributed by atoms with Gasteiger partial charge in [0.15, 0.2) is 0 Å². The monoisotopic (exact) mass is 337 g/mol. The number of fused-ring (bicyclic) bond motifs is 1. The van der Waals surface area contributed by atoms with Crippen LogP contribution in [0, 0.1) is 0 Å². The summed E-state index contributed by atoms with van der Waals surface area (Å²) in [5, 5.41) is 7.34. The van der Waals surface area contributed by atoms with Gasteiger partial charge in [-0.2, -0.15) is 0 Å². The lowest BCUT2D eigenvalue weighted by atomic mass is 10.1. The molecule has 2 aromatic heterocycles. The topological polar surface area (TPSA) is 82.7 Å². The summed E-state index contributed by atoms with van der Waals surface area (Å²) in [6.45, 7) is 4.72. The van der Waals surface area contributed by atoms with Crippen molar-refractivity contribution in [1.29, 1.82) is 0 Å². The molecule has 0 aliphatic carbocycles. The molecule has 0 aliphatic rings. The minimum absolute atomic E-state index is 0.139. The molecule has 0 radical (unpaired) electrons. The molecule has 0 saturated carbocycles. The third-order valence-corrected chi connectivity index (χ3v) is 4.26. The number of anilines is 1. The van der Waals surface area contributed by atoms with E-state index in [0.717, 1.165) is 24.9 Å². The first kappa shape index (κ1) is 17.0. The first-order valence-corrected chi connectivity index (χ1v) is 8.59. The molecule has 1 unspecified atom stereocenters. The highest BCUT2D eigenvalue weighted by Crippen LogP contribution is 2.18. The molecular formula is C19H23N5O. The summed E-state index contributed by atoms with van der Waals surface area (Å²) in [7, 11) is 0. The normalized spacial score (nSPS) is 12.1. The number of nitrogens with zero attached hydrogens (tertiary/aromatic N) is 2. The van der Waals surface area contributed by atoms with Crippen LogP contribution < -0.4 is 10.6 Å². The maximum Gasteiger partial charge on any atom is 0.254 e. The van der Waals surface area contributed by atoms with Gasteiger partial charge < -0.3 is 15.6 Å². The lowest BCUT2D eigenvalue weighted by Gasteiger charge is -2.11. The van der Waals surface area contributed by atoms with Crippen molar-refractivity contribution in [1.82, 2.24) is 20.3 Å². The molecule has 6 nitrogen and oxygen atoms in total. The van der Waals surface area contributed by atoms with Crippen LogP contribution in [-0.4, -0.2) is 33.4 Å². The first-order chi connectivity index (χ1) is 12.2. The van der Waals surface area contributed by atoms with Crippen LogP contribution >= 0.6 is 0 Å². The molecule has 25 heavy (non-hydrogen) atoms. The minimum Gasteiger partial charge on any atom is -0.361 e. The van der Waals surface area contributed by atoms with E-state index in [1.807, 2.05) is 32.2 Å². The smallest absolute Gasteiger partial charge is 0.254 e. The van der Waals surface area contributed by atoms with Crippen molar-refractivity contribution < 1.29 is 4.79 Å². The van der Waals surface area contributed by atoms with Crippen molar-refractivity contribution in [3.05, 3.63) is 54.0 Å². The lowest BCUT2D eigenvalue weighted by molar-refractivity contribution is 0.0938. The third kappa shape index (κ3) is 4.15. The molecule has 1 aromatic carbocycles. The summed E-state index contributed by atoms with van der Waals surface area (Å²) < 4.78 is 0. The zero-order valence-electron chi connectivity index (χ0n) is 14.5. The molecule has 1 amide bonds. The van der Waals surface area contributed by atoms with Gasteiger partial charge in [0.1, 0.15) is 0 Å². The number of hydrogen-bond donors (Lipinski definition) is 3. The van der Waals surface area contributed by atoms with E-state index in [-0.39, 0.29) is 11.9 Å². The average Bonchev–Trinajstić information content (AvgIpc) is 3.05. The zero-order chi connectivity index (χ0) is 17.6. The number of hydrogen-bond acceptors (Lipinski definition) is 4. The third-order valence-electron chi connectivity index (χ3n) is 4.26. The number of carbonyl (C=O) groups is 1. The molecule has 2 heterocycles. The van der Waals surface area contributed by atoms with E-state index in [9.17, 15) is 4.79 Å². The average molecular weight is 337 g/mol. The van der Waals surface area contributed by atoms with Crippen molar-refractivity contribution in [3.63, 3.8) is 0 Å². The van der Waals surface area contributed by atoms with Gasteiger partial charge in [-0.05, 0) is 31.4 Å². The van der Waals surface area contributed by atoms with Crippen LogP contribution in [0.3, 0.4) is 0 Å². The highest BCUT2D eigenvalue weighted by molar-refractivity contribution is 5.93. The molecule has 0 bridgehead atoms. The van der Waals surface area contributed by atoms with Crippen molar-refractivity contribution in [3.8, 4) is 0 Å². The van der Waals surface area contributed by atoms with Crippen molar-refractivity contribution in [2.75, 3.05) is 11.9 Å². The summed E-state index contributed by atoms with van der Waals surface area (Å²) in [5.74, 6) is 0.389. The van der Waals surface area contributed by atoms with Gasteiger partial charge in [-0.15, -0.1) is 0 Å². The van der Waals surface area contributed by atoms with Gasteiger partial charge in [-0.1, -0.05) is 25.1 Å². The molecule has 0 fully saturated rings. The van der Waals surface area contributed by atoms with Crippen LogP contribution in [-0.2, 0) is 6.42 Å². The standard InChI is InChI=1S/C19H23N5O/c1-3-13(2)24-18(25)15-11-22-19(23-12-15)20-9-8-14-10-21-17-7-5-4-6-16(14)17/h4-7,10-13,21H,3,8-9H2,1-2H3,(H,24,25)(H,20,22,23). The van der Waals surface area contributed by atoms with E-state index in [1.54, 1.807) is 12.4 Å². The van der Waals surface area contributed by atoms with Crippen molar-refractivity contribution >= 4 is 22.8 Å². The van der Waals surface area contributed by atoms with Crippen LogP contribution in [0.1, 0.15) is 36.2 Å². The number of carbonyl (C=O) groups excluding carboxylic acids is 1. The van der Waals surface area contributed by atoms with Gasteiger partial charge in [0, 0.05) is 42.1 Å². The summed E-state index contributed by atoms with van der Waals surface area (Å²) in [6, 6.07) is 8.38. The molecule has 130 valence electrons. The number of nitrogens with one attached hydrogen (secondary N) is 3. The van der Waals surface area contributed by atoms with Crippen LogP contribution in [0.25, 0.3) is 10.9 Å². The maximum absolute atomic E-state index is 12.0. The molecule has 1 atom stereocenters. The van der Waals surface area contributed by atoms with Gasteiger partial charge in [0.2, 0.25) is 5.95 Å². The SMILES string of the molecule is CCC(C)NC(=O)c1cnc(NCCc2c[nH]c3ccccc23)nc1. The second-order valence-corrected chi connectivity index (χ2v) is 6.11. The molecule has 6 heteroatoms. The second-order valence-electron chi connectivity index (χ2n) is 6.11. The molecule has 0 saturated heterocycles. The van der Waals surface area contributed by atoms with Gasteiger partial charge in [-0.3, -0.25) is 4.79 Å². The molecule has 3 aromatic rings. The van der Waals surface area contributed by atoms with Gasteiger partial charge in [0.25, 0.3) is 5.91 Å². The largest absolute Gasteiger partial charge is 0.361 e. The first-order valence-electron chi connectivity index (χ1n) is 8.59. The minimum atomic E-state index is -0.139. The molecule has 3 N–H and O–H groups in total. The summed E-state index contributed by atoms with van der Waals surface area (Å²) in [4.78, 5) is 23.7. The quantitative estimate of drug-likeness (QED) is 0.618. The van der Waals surface area contributed by atoms with Crippen LogP contribution in [0.15, 0.2) is 42.9 Å². The maximum atomic E-state index is 12.0. The van der Waals surface area contributed by atoms with E-state index in [2.05, 4.69) is 37.7 Å². The predicted octanol–water partition coefficient (Wildman–Crippen LogP) is 3.14. The number of H-pyrrole nitrogens is 1. The number of rotatable bonds is 7. The Morgan fingerprint density at radius 1 is 1.24 bits per heavy atom. The number of amides is 1. The van der Waals surface area contributed by atoms with Crippen molar-refractivity contribution in [2.45, 2.75) is 32.7 Å². The second kappa shape index (κ2) is 7.79. The lowest BCUT2D eigenvalue weighted by Crippen LogP contribution is -2.32. The number of aromatic nitrogens is 3. The highest BCUT2D eigenvalue weighted by atomic mass is 16.1. The Kier molecular flexibility index (Phi) is 5.28. The van der Waals surface area contributed by atoms with E-state index in [0.29, 0.717) is 11.5 Å². The highest BCUT2D eigenvalue weighted by Gasteiger charge is 2.09. The molecule has 0 spiro atoms. The zero-order valence-corrected chi connectivity index (χ0v) is 14.5. The summed E-state index contributed by atoms with van der Waals surface area (Å²) in [5.41, 5.74) is 2.88. The Morgan fingerprint density at radius 3 is 2.76 bits per heavy atom. The Hall–Kier alpha value is -2.89. The van der Waals surface area contributed by atoms with E-state index >= 15 is 0 Å². The van der Waals surface area contributed by atoms with Crippen LogP contribution in [0.4, 0.5) is 5.95 Å². The van der Waals surface area contributed by atoms with Crippen LogP contribution in [0.5, 0.6) is 0 Å². The fourth-order valence-electron chi connectivity index (χ4n) is 2.59. The molecule has 3 rings (SSSR count). The summed E-state index contributed by atoms with van der Waals surface area (Å²) >= 11 is 0. The Bertz CT molecular complexity index is 840. The number of aromatic amines is 1. The Balaban J connectivity index is 1.54. The van der Waals surface area contributed by atoms with Crippen molar-refractivity contribution in [2.24, 2.45) is 0 Å².